The third kappa shape index (κ3) is 2.89. The number of halogens is 1. The SMILES string of the molecule is CC(CN)CNC(=O)C1C2CCCCC21.Cl. The molecule has 2 fully saturated rings. The Morgan fingerprint density at radius 2 is 1.94 bits per heavy atom. The topological polar surface area (TPSA) is 55.1 Å². The maximum atomic E-state index is 11.8. The first-order valence-corrected chi connectivity index (χ1v) is 6.21. The minimum absolute atomic E-state index is 0. The fourth-order valence-corrected chi connectivity index (χ4v) is 2.86. The summed E-state index contributed by atoms with van der Waals surface area (Å²) in [6.07, 6.45) is 5.19. The number of nitrogens with two attached hydrogens (primary N) is 1. The van der Waals surface area contributed by atoms with Gasteiger partial charge in [-0.25, -0.2) is 0 Å². The Morgan fingerprint density at radius 3 is 2.44 bits per heavy atom. The zero-order valence-corrected chi connectivity index (χ0v) is 10.8. The Labute approximate surface area is 104 Å². The molecule has 0 aromatic heterocycles. The fraction of sp³-hybridized carbons (Fsp3) is 0.917. The second-order valence-corrected chi connectivity index (χ2v) is 5.22. The lowest BCUT2D eigenvalue weighted by Gasteiger charge is -2.09. The highest BCUT2D eigenvalue weighted by Crippen LogP contribution is 2.55. The number of carbonyl (C=O) groups is 1. The minimum atomic E-state index is 0. The van der Waals surface area contributed by atoms with Crippen molar-refractivity contribution in [2.24, 2.45) is 29.4 Å². The molecule has 2 aliphatic rings. The van der Waals surface area contributed by atoms with Crippen molar-refractivity contribution >= 4 is 18.3 Å². The lowest BCUT2D eigenvalue weighted by Crippen LogP contribution is -2.32. The standard InChI is InChI=1S/C12H22N2O.ClH/c1-8(6-13)7-14-12(15)11-9-4-2-3-5-10(9)11;/h8-11H,2-7,13H2,1H3,(H,14,15);1H. The summed E-state index contributed by atoms with van der Waals surface area (Å²) in [4.78, 5) is 11.8. The van der Waals surface area contributed by atoms with Gasteiger partial charge in [0.05, 0.1) is 0 Å². The Morgan fingerprint density at radius 1 is 1.38 bits per heavy atom. The number of fused-ring (bicyclic) bond motifs is 1. The van der Waals surface area contributed by atoms with Gasteiger partial charge in [0.2, 0.25) is 5.91 Å². The van der Waals surface area contributed by atoms with Crippen molar-refractivity contribution in [1.29, 1.82) is 0 Å². The van der Waals surface area contributed by atoms with E-state index in [0.717, 1.165) is 6.54 Å². The summed E-state index contributed by atoms with van der Waals surface area (Å²) in [7, 11) is 0. The van der Waals surface area contributed by atoms with Crippen LogP contribution in [0.2, 0.25) is 0 Å². The lowest BCUT2D eigenvalue weighted by atomic mass is 10.0. The van der Waals surface area contributed by atoms with Crippen LogP contribution in [-0.4, -0.2) is 19.0 Å². The number of carbonyl (C=O) groups excluding carboxylic acids is 1. The van der Waals surface area contributed by atoms with Gasteiger partial charge in [-0.05, 0) is 37.1 Å². The van der Waals surface area contributed by atoms with Crippen molar-refractivity contribution in [2.75, 3.05) is 13.1 Å². The highest BCUT2D eigenvalue weighted by atomic mass is 35.5. The van der Waals surface area contributed by atoms with Gasteiger partial charge in [-0.1, -0.05) is 19.8 Å². The van der Waals surface area contributed by atoms with E-state index in [9.17, 15) is 4.79 Å². The fourth-order valence-electron chi connectivity index (χ4n) is 2.86. The summed E-state index contributed by atoms with van der Waals surface area (Å²) >= 11 is 0. The average molecular weight is 247 g/mol. The van der Waals surface area contributed by atoms with Gasteiger partial charge in [-0.15, -0.1) is 12.4 Å². The number of hydrogen-bond acceptors (Lipinski definition) is 2. The normalized spacial score (nSPS) is 33.2. The maximum Gasteiger partial charge on any atom is 0.223 e. The quantitative estimate of drug-likeness (QED) is 0.791. The van der Waals surface area contributed by atoms with E-state index in [1.54, 1.807) is 0 Å². The van der Waals surface area contributed by atoms with Crippen molar-refractivity contribution in [1.82, 2.24) is 5.32 Å². The molecule has 16 heavy (non-hydrogen) atoms. The van der Waals surface area contributed by atoms with Crippen LogP contribution < -0.4 is 11.1 Å². The number of amides is 1. The monoisotopic (exact) mass is 246 g/mol. The summed E-state index contributed by atoms with van der Waals surface area (Å²) in [6.45, 7) is 3.46. The van der Waals surface area contributed by atoms with E-state index in [2.05, 4.69) is 12.2 Å². The van der Waals surface area contributed by atoms with Gasteiger partial charge in [-0.3, -0.25) is 4.79 Å². The molecule has 2 aliphatic carbocycles. The van der Waals surface area contributed by atoms with Gasteiger partial charge in [0, 0.05) is 12.5 Å². The molecule has 0 spiro atoms. The second kappa shape index (κ2) is 5.87. The van der Waals surface area contributed by atoms with Gasteiger partial charge < -0.3 is 11.1 Å². The predicted molar refractivity (Wildman–Crippen MR) is 67.4 cm³/mol. The number of rotatable bonds is 4. The molecule has 3 atom stereocenters. The first-order chi connectivity index (χ1) is 7.24. The van der Waals surface area contributed by atoms with Crippen LogP contribution >= 0.6 is 12.4 Å². The lowest BCUT2D eigenvalue weighted by molar-refractivity contribution is -0.123. The molecule has 0 aromatic rings. The van der Waals surface area contributed by atoms with E-state index in [0.29, 0.717) is 30.2 Å². The van der Waals surface area contributed by atoms with E-state index >= 15 is 0 Å². The van der Waals surface area contributed by atoms with Crippen molar-refractivity contribution in [3.05, 3.63) is 0 Å². The maximum absolute atomic E-state index is 11.8. The first-order valence-electron chi connectivity index (χ1n) is 6.21. The van der Waals surface area contributed by atoms with Gasteiger partial charge in [0.1, 0.15) is 0 Å². The largest absolute Gasteiger partial charge is 0.356 e. The third-order valence-electron chi connectivity index (χ3n) is 3.99. The first kappa shape index (κ1) is 13.8. The summed E-state index contributed by atoms with van der Waals surface area (Å²) in [5, 5.41) is 3.03. The highest BCUT2D eigenvalue weighted by molar-refractivity contribution is 5.85. The highest BCUT2D eigenvalue weighted by Gasteiger charge is 2.54. The number of nitrogens with one attached hydrogen (secondary N) is 1. The van der Waals surface area contributed by atoms with Gasteiger partial charge in [0.25, 0.3) is 0 Å². The molecule has 0 aromatic carbocycles. The second-order valence-electron chi connectivity index (χ2n) is 5.22. The van der Waals surface area contributed by atoms with Crippen LogP contribution in [0.5, 0.6) is 0 Å². The van der Waals surface area contributed by atoms with E-state index in [-0.39, 0.29) is 18.3 Å². The molecule has 94 valence electrons. The molecule has 0 bridgehead atoms. The van der Waals surface area contributed by atoms with E-state index in [1.807, 2.05) is 0 Å². The summed E-state index contributed by atoms with van der Waals surface area (Å²) in [5.74, 6) is 2.46. The van der Waals surface area contributed by atoms with Crippen molar-refractivity contribution < 1.29 is 4.79 Å². The van der Waals surface area contributed by atoms with E-state index in [4.69, 9.17) is 5.73 Å². The van der Waals surface area contributed by atoms with Crippen LogP contribution in [0, 0.1) is 23.7 Å². The molecule has 2 saturated carbocycles. The van der Waals surface area contributed by atoms with Crippen molar-refractivity contribution in [3.8, 4) is 0 Å². The van der Waals surface area contributed by atoms with Gasteiger partial charge in [0.15, 0.2) is 0 Å². The summed E-state index contributed by atoms with van der Waals surface area (Å²) in [5.41, 5.74) is 5.52. The molecule has 1 amide bonds. The molecule has 2 rings (SSSR count). The molecule has 3 unspecified atom stereocenters. The molecule has 3 N–H and O–H groups in total. The Bertz CT molecular complexity index is 235. The summed E-state index contributed by atoms with van der Waals surface area (Å²) < 4.78 is 0. The summed E-state index contributed by atoms with van der Waals surface area (Å²) in [6, 6.07) is 0. The van der Waals surface area contributed by atoms with Gasteiger partial charge in [-0.2, -0.15) is 0 Å². The minimum Gasteiger partial charge on any atom is -0.356 e. The third-order valence-corrected chi connectivity index (χ3v) is 3.99. The molecule has 3 nitrogen and oxygen atoms in total. The van der Waals surface area contributed by atoms with Crippen LogP contribution in [0.4, 0.5) is 0 Å². The zero-order chi connectivity index (χ0) is 10.8. The molecular formula is C12H23ClN2O. The Balaban J connectivity index is 0.00000128. The number of hydrogen-bond donors (Lipinski definition) is 2. The average Bonchev–Trinajstić information content (AvgIpc) is 2.99. The van der Waals surface area contributed by atoms with E-state index in [1.165, 1.54) is 25.7 Å². The van der Waals surface area contributed by atoms with Crippen LogP contribution in [0.25, 0.3) is 0 Å². The molecule has 0 radical (unpaired) electrons. The Hall–Kier alpha value is -0.280. The molecule has 0 aliphatic heterocycles. The smallest absolute Gasteiger partial charge is 0.223 e. The molecule has 4 heteroatoms. The predicted octanol–water partition coefficient (Wildman–Crippen LogP) is 1.56. The van der Waals surface area contributed by atoms with Crippen LogP contribution in [0.15, 0.2) is 0 Å². The molecule has 0 saturated heterocycles. The Kier molecular flexibility index (Phi) is 5.06. The van der Waals surface area contributed by atoms with Gasteiger partial charge >= 0.3 is 0 Å². The molecule has 0 heterocycles. The van der Waals surface area contributed by atoms with Crippen LogP contribution in [0.1, 0.15) is 32.6 Å². The molecular weight excluding hydrogens is 224 g/mol. The van der Waals surface area contributed by atoms with E-state index < -0.39 is 0 Å². The van der Waals surface area contributed by atoms with Crippen molar-refractivity contribution in [3.63, 3.8) is 0 Å². The van der Waals surface area contributed by atoms with Crippen LogP contribution in [-0.2, 0) is 4.79 Å². The van der Waals surface area contributed by atoms with Crippen molar-refractivity contribution in [2.45, 2.75) is 32.6 Å². The zero-order valence-electron chi connectivity index (χ0n) is 9.95. The van der Waals surface area contributed by atoms with Crippen LogP contribution in [0.3, 0.4) is 0 Å².